The number of amides is 2. The molecule has 3 unspecified atom stereocenters. The van der Waals surface area contributed by atoms with Crippen LogP contribution in [-0.4, -0.2) is 55.0 Å². The number of carbonyl (C=O) groups is 2. The van der Waals surface area contributed by atoms with E-state index in [1.54, 1.807) is 18.2 Å². The lowest BCUT2D eigenvalue weighted by atomic mass is 9.96. The highest BCUT2D eigenvalue weighted by Gasteiger charge is 2.28. The molecule has 3 rings (SSSR count). The summed E-state index contributed by atoms with van der Waals surface area (Å²) in [5.41, 5.74) is 0.489. The Kier molecular flexibility index (Phi) is 7.39. The van der Waals surface area contributed by atoms with Crippen molar-refractivity contribution >= 4 is 11.8 Å². The zero-order valence-electron chi connectivity index (χ0n) is 16.5. The van der Waals surface area contributed by atoms with Crippen molar-refractivity contribution in [2.75, 3.05) is 26.2 Å². The minimum absolute atomic E-state index is 0.0530. The maximum Gasteiger partial charge on any atom is 0.237 e. The number of halogens is 1. The highest BCUT2D eigenvalue weighted by Crippen LogP contribution is 2.18. The van der Waals surface area contributed by atoms with Crippen LogP contribution in [0.4, 0.5) is 4.39 Å². The summed E-state index contributed by atoms with van der Waals surface area (Å²) in [4.78, 5) is 26.9. The molecule has 3 atom stereocenters. The van der Waals surface area contributed by atoms with E-state index < -0.39 is 0 Å². The normalized spacial score (nSPS) is 23.9. The number of nitrogens with zero attached hydrogens (tertiary/aromatic N) is 1. The minimum atomic E-state index is -0.305. The Morgan fingerprint density at radius 1 is 1.25 bits per heavy atom. The molecule has 1 aromatic rings. The third kappa shape index (κ3) is 5.52. The molecular weight excluding hydrogens is 359 g/mol. The van der Waals surface area contributed by atoms with E-state index in [1.165, 1.54) is 6.07 Å². The van der Waals surface area contributed by atoms with Gasteiger partial charge in [-0.15, -0.1) is 0 Å². The topological polar surface area (TPSA) is 73.5 Å². The van der Waals surface area contributed by atoms with Gasteiger partial charge in [0.05, 0.1) is 12.1 Å². The van der Waals surface area contributed by atoms with Crippen molar-refractivity contribution in [3.63, 3.8) is 0 Å². The number of carbonyl (C=O) groups excluding carboxylic acids is 2. The van der Waals surface area contributed by atoms with Crippen LogP contribution in [0.25, 0.3) is 0 Å². The summed E-state index contributed by atoms with van der Waals surface area (Å²) in [7, 11) is 0. The molecule has 2 saturated heterocycles. The lowest BCUT2D eigenvalue weighted by molar-refractivity contribution is -0.127. The molecule has 2 aliphatic heterocycles. The van der Waals surface area contributed by atoms with Gasteiger partial charge >= 0.3 is 0 Å². The Balaban J connectivity index is 1.44. The van der Waals surface area contributed by atoms with E-state index in [0.29, 0.717) is 18.0 Å². The zero-order chi connectivity index (χ0) is 19.9. The molecule has 2 aliphatic rings. The van der Waals surface area contributed by atoms with Crippen LogP contribution in [-0.2, 0) is 16.1 Å². The maximum absolute atomic E-state index is 13.7. The van der Waals surface area contributed by atoms with Gasteiger partial charge < -0.3 is 16.0 Å². The first-order valence-corrected chi connectivity index (χ1v) is 10.3. The predicted molar refractivity (Wildman–Crippen MR) is 106 cm³/mol. The zero-order valence-corrected chi connectivity index (χ0v) is 16.5. The number of benzene rings is 1. The predicted octanol–water partition coefficient (Wildman–Crippen LogP) is 1.41. The van der Waals surface area contributed by atoms with E-state index in [0.717, 1.165) is 45.3 Å². The van der Waals surface area contributed by atoms with Crippen molar-refractivity contribution in [3.8, 4) is 0 Å². The Morgan fingerprint density at radius 3 is 2.82 bits per heavy atom. The lowest BCUT2D eigenvalue weighted by Gasteiger charge is -2.36. The average molecular weight is 391 g/mol. The lowest BCUT2D eigenvalue weighted by Crippen LogP contribution is -2.51. The van der Waals surface area contributed by atoms with Crippen LogP contribution >= 0.6 is 0 Å². The highest BCUT2D eigenvalue weighted by atomic mass is 19.1. The summed E-state index contributed by atoms with van der Waals surface area (Å²) in [6.45, 7) is 5.29. The van der Waals surface area contributed by atoms with Gasteiger partial charge in [-0.05, 0) is 57.7 Å². The first-order chi connectivity index (χ1) is 13.5. The van der Waals surface area contributed by atoms with Gasteiger partial charge in [-0.25, -0.2) is 4.39 Å². The van der Waals surface area contributed by atoms with E-state index in [1.807, 2.05) is 6.92 Å². The third-order valence-electron chi connectivity index (χ3n) is 5.83. The molecule has 2 amide bonds. The molecule has 0 saturated carbocycles. The van der Waals surface area contributed by atoms with Crippen molar-refractivity contribution in [1.82, 2.24) is 20.9 Å². The number of piperidine rings is 1. The number of hydrogen-bond acceptors (Lipinski definition) is 4. The van der Waals surface area contributed by atoms with Gasteiger partial charge in [0, 0.05) is 25.2 Å². The van der Waals surface area contributed by atoms with Crippen LogP contribution in [0.1, 0.15) is 38.2 Å². The van der Waals surface area contributed by atoms with Gasteiger partial charge in [-0.2, -0.15) is 0 Å². The molecule has 6 nitrogen and oxygen atoms in total. The van der Waals surface area contributed by atoms with Crippen LogP contribution in [0.5, 0.6) is 0 Å². The molecule has 154 valence electrons. The molecule has 0 aromatic heterocycles. The highest BCUT2D eigenvalue weighted by molar-refractivity contribution is 5.82. The molecule has 1 aromatic carbocycles. The van der Waals surface area contributed by atoms with Gasteiger partial charge in [0.15, 0.2) is 0 Å². The van der Waals surface area contributed by atoms with Crippen molar-refractivity contribution in [2.24, 2.45) is 5.92 Å². The van der Waals surface area contributed by atoms with Crippen LogP contribution in [0.15, 0.2) is 24.3 Å². The van der Waals surface area contributed by atoms with E-state index >= 15 is 0 Å². The second kappa shape index (κ2) is 9.98. The molecule has 2 heterocycles. The molecule has 3 N–H and O–H groups in total. The Morgan fingerprint density at radius 2 is 2.07 bits per heavy atom. The summed E-state index contributed by atoms with van der Waals surface area (Å²) in [5, 5.41) is 9.12. The van der Waals surface area contributed by atoms with Crippen LogP contribution in [0.2, 0.25) is 0 Å². The third-order valence-corrected chi connectivity index (χ3v) is 5.83. The Hall–Kier alpha value is -1.99. The summed E-state index contributed by atoms with van der Waals surface area (Å²) >= 11 is 0. The van der Waals surface area contributed by atoms with E-state index in [4.69, 9.17) is 0 Å². The van der Waals surface area contributed by atoms with Crippen molar-refractivity contribution < 1.29 is 14.0 Å². The fourth-order valence-corrected chi connectivity index (χ4v) is 4.03. The SMILES string of the molecule is CC(C(=O)NCc1ccccc1F)N1CCCC(CNC(=O)C2CCCN2)C1. The maximum atomic E-state index is 13.7. The Labute approximate surface area is 166 Å². The van der Waals surface area contributed by atoms with E-state index in [-0.39, 0.29) is 36.3 Å². The van der Waals surface area contributed by atoms with Gasteiger partial charge in [0.1, 0.15) is 5.82 Å². The molecule has 0 radical (unpaired) electrons. The molecule has 2 fully saturated rings. The van der Waals surface area contributed by atoms with Gasteiger partial charge in [-0.1, -0.05) is 18.2 Å². The first-order valence-electron chi connectivity index (χ1n) is 10.3. The van der Waals surface area contributed by atoms with Crippen molar-refractivity contribution in [3.05, 3.63) is 35.6 Å². The molecule has 28 heavy (non-hydrogen) atoms. The van der Waals surface area contributed by atoms with Gasteiger partial charge in [0.2, 0.25) is 11.8 Å². The number of rotatable bonds is 7. The second-order valence-corrected chi connectivity index (χ2v) is 7.88. The van der Waals surface area contributed by atoms with Crippen molar-refractivity contribution in [1.29, 1.82) is 0 Å². The van der Waals surface area contributed by atoms with Gasteiger partial charge in [-0.3, -0.25) is 14.5 Å². The quantitative estimate of drug-likeness (QED) is 0.658. The Bertz CT molecular complexity index is 678. The molecule has 7 heteroatoms. The first kappa shape index (κ1) is 20.7. The van der Waals surface area contributed by atoms with Crippen LogP contribution < -0.4 is 16.0 Å². The second-order valence-electron chi connectivity index (χ2n) is 7.88. The molecule has 0 aliphatic carbocycles. The molecule has 0 spiro atoms. The number of likely N-dealkylation sites (tertiary alicyclic amines) is 1. The monoisotopic (exact) mass is 390 g/mol. The largest absolute Gasteiger partial charge is 0.354 e. The van der Waals surface area contributed by atoms with E-state index in [2.05, 4.69) is 20.9 Å². The summed E-state index contributed by atoms with van der Waals surface area (Å²) in [6, 6.07) is 6.15. The van der Waals surface area contributed by atoms with Crippen LogP contribution in [0, 0.1) is 11.7 Å². The smallest absolute Gasteiger partial charge is 0.237 e. The van der Waals surface area contributed by atoms with Crippen molar-refractivity contribution in [2.45, 2.75) is 51.2 Å². The average Bonchev–Trinajstić information content (AvgIpc) is 3.26. The summed E-state index contributed by atoms with van der Waals surface area (Å²) < 4.78 is 13.7. The van der Waals surface area contributed by atoms with Crippen LogP contribution in [0.3, 0.4) is 0 Å². The number of hydrogen-bond donors (Lipinski definition) is 3. The number of nitrogens with one attached hydrogen (secondary N) is 3. The molecule has 0 bridgehead atoms. The standard InChI is InChI=1S/C21H31FN4O2/c1-15(20(27)25-13-17-7-2-3-8-18(17)22)26-11-5-6-16(14-26)12-24-21(28)19-9-4-10-23-19/h2-3,7-8,15-16,19,23H,4-6,9-14H2,1H3,(H,24,28)(H,25,27). The fourth-order valence-electron chi connectivity index (χ4n) is 4.03. The molecular formula is C21H31FN4O2. The minimum Gasteiger partial charge on any atom is -0.354 e. The van der Waals surface area contributed by atoms with E-state index in [9.17, 15) is 14.0 Å². The summed E-state index contributed by atoms with van der Waals surface area (Å²) in [6.07, 6.45) is 4.02. The summed E-state index contributed by atoms with van der Waals surface area (Å²) in [5.74, 6) is 0.0373. The van der Waals surface area contributed by atoms with Gasteiger partial charge in [0.25, 0.3) is 0 Å². The fraction of sp³-hybridized carbons (Fsp3) is 0.619.